The molecule has 1 atom stereocenters. The van der Waals surface area contributed by atoms with Gasteiger partial charge in [0.1, 0.15) is 6.04 Å². The second-order valence-corrected chi connectivity index (χ2v) is 3.91. The Morgan fingerprint density at radius 3 is 2.62 bits per heavy atom. The molecule has 2 N–H and O–H groups in total. The van der Waals surface area contributed by atoms with Crippen molar-refractivity contribution in [3.63, 3.8) is 0 Å². The van der Waals surface area contributed by atoms with Crippen molar-refractivity contribution >= 4 is 11.9 Å². The van der Waals surface area contributed by atoms with Crippen molar-refractivity contribution in [2.45, 2.75) is 31.7 Å². The highest BCUT2D eigenvalue weighted by atomic mass is 16.4. The van der Waals surface area contributed by atoms with Crippen LogP contribution >= 0.6 is 0 Å². The van der Waals surface area contributed by atoms with Gasteiger partial charge in [-0.15, -0.1) is 6.58 Å². The number of nitrogens with one attached hydrogen (secondary N) is 1. The smallest absolute Gasteiger partial charge is 0.326 e. The Morgan fingerprint density at radius 1 is 1.50 bits per heavy atom. The van der Waals surface area contributed by atoms with E-state index in [9.17, 15) is 9.59 Å². The zero-order chi connectivity index (χ0) is 12.0. The molecule has 0 fully saturated rings. The van der Waals surface area contributed by atoms with Gasteiger partial charge in [-0.1, -0.05) is 18.2 Å². The molecule has 88 valence electrons. The molecule has 0 saturated heterocycles. The van der Waals surface area contributed by atoms with E-state index < -0.39 is 12.0 Å². The van der Waals surface area contributed by atoms with Gasteiger partial charge in [-0.25, -0.2) is 4.79 Å². The number of rotatable bonds is 6. The minimum absolute atomic E-state index is 0.0921. The number of hydrogen-bond acceptors (Lipinski definition) is 2. The number of carboxylic acids is 1. The maximum atomic E-state index is 11.7. The Bertz CT molecular complexity index is 301. The van der Waals surface area contributed by atoms with Gasteiger partial charge >= 0.3 is 5.97 Å². The fourth-order valence-electron chi connectivity index (χ4n) is 1.66. The lowest BCUT2D eigenvalue weighted by Crippen LogP contribution is -2.43. The van der Waals surface area contributed by atoms with Crippen LogP contribution in [0.5, 0.6) is 0 Å². The maximum absolute atomic E-state index is 11.7. The van der Waals surface area contributed by atoms with Crippen molar-refractivity contribution < 1.29 is 14.7 Å². The number of hydrogen-bond donors (Lipinski definition) is 2. The Labute approximate surface area is 95.0 Å². The van der Waals surface area contributed by atoms with Gasteiger partial charge < -0.3 is 10.4 Å². The van der Waals surface area contributed by atoms with Crippen LogP contribution in [0.25, 0.3) is 0 Å². The van der Waals surface area contributed by atoms with Gasteiger partial charge in [-0.05, 0) is 25.7 Å². The van der Waals surface area contributed by atoms with E-state index in [1.165, 1.54) is 0 Å². The van der Waals surface area contributed by atoms with Crippen LogP contribution in [0.1, 0.15) is 25.7 Å². The molecule has 0 spiro atoms. The van der Waals surface area contributed by atoms with Crippen LogP contribution in [-0.4, -0.2) is 23.0 Å². The highest BCUT2D eigenvalue weighted by Crippen LogP contribution is 2.18. The van der Waals surface area contributed by atoms with Gasteiger partial charge in [0.2, 0.25) is 5.91 Å². The highest BCUT2D eigenvalue weighted by Gasteiger charge is 2.24. The number of allylic oxidation sites excluding steroid dienone is 3. The first-order valence-electron chi connectivity index (χ1n) is 5.44. The summed E-state index contributed by atoms with van der Waals surface area (Å²) >= 11 is 0. The fourth-order valence-corrected chi connectivity index (χ4v) is 1.66. The Kier molecular flexibility index (Phi) is 4.76. The maximum Gasteiger partial charge on any atom is 0.326 e. The van der Waals surface area contributed by atoms with Gasteiger partial charge in [0.25, 0.3) is 0 Å². The molecule has 0 radical (unpaired) electrons. The summed E-state index contributed by atoms with van der Waals surface area (Å²) in [6, 6.07) is -0.800. The molecule has 1 rings (SSSR count). The second-order valence-electron chi connectivity index (χ2n) is 3.91. The second kappa shape index (κ2) is 6.10. The molecule has 0 aromatic heterocycles. The molecule has 16 heavy (non-hydrogen) atoms. The van der Waals surface area contributed by atoms with Gasteiger partial charge in [0.15, 0.2) is 0 Å². The monoisotopic (exact) mass is 223 g/mol. The molecule has 4 nitrogen and oxygen atoms in total. The predicted octanol–water partition coefficient (Wildman–Crippen LogP) is 1.49. The summed E-state index contributed by atoms with van der Waals surface area (Å²) < 4.78 is 0. The first-order chi connectivity index (χ1) is 7.65. The summed E-state index contributed by atoms with van der Waals surface area (Å²) in [5.74, 6) is -1.24. The molecule has 1 amide bonds. The Balaban J connectivity index is 2.43. The molecule has 1 aliphatic rings. The zero-order valence-electron chi connectivity index (χ0n) is 9.19. The average Bonchev–Trinajstić information content (AvgIpc) is 2.76. The molecule has 0 saturated carbocycles. The van der Waals surface area contributed by atoms with E-state index in [-0.39, 0.29) is 11.8 Å². The summed E-state index contributed by atoms with van der Waals surface area (Å²) in [5, 5.41) is 11.5. The molecule has 0 bridgehead atoms. The quantitative estimate of drug-likeness (QED) is 0.670. The molecule has 4 heteroatoms. The topological polar surface area (TPSA) is 66.4 Å². The van der Waals surface area contributed by atoms with E-state index in [2.05, 4.69) is 11.9 Å². The fraction of sp³-hybridized carbons (Fsp3) is 0.500. The van der Waals surface area contributed by atoms with Gasteiger partial charge in [-0.3, -0.25) is 4.79 Å². The number of carboxylic acid groups (broad SMARTS) is 1. The molecule has 0 aromatic rings. The minimum Gasteiger partial charge on any atom is -0.480 e. The summed E-state index contributed by atoms with van der Waals surface area (Å²) in [4.78, 5) is 22.6. The molecule has 0 heterocycles. The largest absolute Gasteiger partial charge is 0.480 e. The van der Waals surface area contributed by atoms with Crippen LogP contribution in [-0.2, 0) is 9.59 Å². The summed E-state index contributed by atoms with van der Waals surface area (Å²) in [5.41, 5.74) is 0. The van der Waals surface area contributed by atoms with Crippen LogP contribution in [0.2, 0.25) is 0 Å². The minimum atomic E-state index is -0.985. The Morgan fingerprint density at radius 2 is 2.12 bits per heavy atom. The lowest BCUT2D eigenvalue weighted by Gasteiger charge is -2.16. The molecule has 0 aliphatic heterocycles. The highest BCUT2D eigenvalue weighted by molar-refractivity contribution is 5.85. The van der Waals surface area contributed by atoms with Gasteiger partial charge in [0, 0.05) is 5.92 Å². The average molecular weight is 223 g/mol. The third kappa shape index (κ3) is 3.53. The van der Waals surface area contributed by atoms with Crippen molar-refractivity contribution in [1.82, 2.24) is 5.32 Å². The van der Waals surface area contributed by atoms with Crippen LogP contribution < -0.4 is 5.32 Å². The summed E-state index contributed by atoms with van der Waals surface area (Å²) in [6.07, 6.45) is 7.94. The molecular formula is C12H17NO3. The van der Waals surface area contributed by atoms with E-state index in [1.807, 2.05) is 12.2 Å². The number of amides is 1. The number of aliphatic carboxylic acids is 1. The Hall–Kier alpha value is -1.58. The lowest BCUT2D eigenvalue weighted by molar-refractivity contribution is -0.142. The van der Waals surface area contributed by atoms with Crippen molar-refractivity contribution in [3.05, 3.63) is 24.8 Å². The molecule has 0 aromatic carbocycles. The van der Waals surface area contributed by atoms with E-state index in [0.29, 0.717) is 25.7 Å². The van der Waals surface area contributed by atoms with E-state index in [1.54, 1.807) is 6.08 Å². The van der Waals surface area contributed by atoms with Crippen molar-refractivity contribution in [1.29, 1.82) is 0 Å². The van der Waals surface area contributed by atoms with Gasteiger partial charge in [-0.2, -0.15) is 0 Å². The zero-order valence-corrected chi connectivity index (χ0v) is 9.19. The van der Waals surface area contributed by atoms with E-state index in [4.69, 9.17) is 5.11 Å². The van der Waals surface area contributed by atoms with Crippen LogP contribution in [0.4, 0.5) is 0 Å². The molecular weight excluding hydrogens is 206 g/mol. The van der Waals surface area contributed by atoms with Crippen molar-refractivity contribution in [2.75, 3.05) is 0 Å². The van der Waals surface area contributed by atoms with Crippen LogP contribution in [0, 0.1) is 5.92 Å². The third-order valence-electron chi connectivity index (χ3n) is 2.65. The SMILES string of the molecule is C=CCCC(NC(=O)C1CC=CC1)C(=O)O. The number of carbonyl (C=O) groups excluding carboxylic acids is 1. The first kappa shape index (κ1) is 12.5. The molecule has 1 aliphatic carbocycles. The lowest BCUT2D eigenvalue weighted by atomic mass is 10.0. The van der Waals surface area contributed by atoms with E-state index >= 15 is 0 Å². The van der Waals surface area contributed by atoms with Gasteiger partial charge in [0.05, 0.1) is 0 Å². The van der Waals surface area contributed by atoms with Crippen LogP contribution in [0.15, 0.2) is 24.8 Å². The number of carbonyl (C=O) groups is 2. The summed E-state index contributed by atoms with van der Waals surface area (Å²) in [7, 11) is 0. The third-order valence-corrected chi connectivity index (χ3v) is 2.65. The normalized spacial score (nSPS) is 17.0. The van der Waals surface area contributed by atoms with Crippen molar-refractivity contribution in [3.8, 4) is 0 Å². The molecule has 1 unspecified atom stereocenters. The first-order valence-corrected chi connectivity index (χ1v) is 5.44. The summed E-state index contributed by atoms with van der Waals surface area (Å²) in [6.45, 7) is 3.53. The predicted molar refractivity (Wildman–Crippen MR) is 60.9 cm³/mol. The van der Waals surface area contributed by atoms with Crippen molar-refractivity contribution in [2.24, 2.45) is 5.92 Å². The van der Waals surface area contributed by atoms with Crippen LogP contribution in [0.3, 0.4) is 0 Å². The standard InChI is InChI=1S/C12H17NO3/c1-2-3-8-10(12(15)16)13-11(14)9-6-4-5-7-9/h2,4-5,9-10H,1,3,6-8H2,(H,13,14)(H,15,16). The van der Waals surface area contributed by atoms with E-state index in [0.717, 1.165) is 0 Å².